The van der Waals surface area contributed by atoms with E-state index >= 15 is 0 Å². The van der Waals surface area contributed by atoms with E-state index in [4.69, 9.17) is 0 Å². The first-order chi connectivity index (χ1) is 12.2. The van der Waals surface area contributed by atoms with Crippen LogP contribution in [0.2, 0.25) is 0 Å². The largest absolute Gasteiger partial charge is 0.534 e. The Morgan fingerprint density at radius 2 is 1.67 bits per heavy atom. The standard InChI is InChI=1S/C17H26F3N3O3S/c1-15(2)9-12-13(10-16(3,4)22-15)21-23(11-7-5-6-8-11)14(12)26-27(24,25)17(18,19)20/h11,22H,5-10H2,1-4H3. The summed E-state index contributed by atoms with van der Waals surface area (Å²) in [5.41, 5.74) is -5.25. The Morgan fingerprint density at radius 3 is 2.22 bits per heavy atom. The number of halogens is 3. The van der Waals surface area contributed by atoms with Crippen molar-refractivity contribution < 1.29 is 25.8 Å². The highest BCUT2D eigenvalue weighted by Crippen LogP contribution is 2.40. The fraction of sp³-hybridized carbons (Fsp3) is 0.824. The number of aromatic nitrogens is 2. The van der Waals surface area contributed by atoms with E-state index in [1.165, 1.54) is 4.68 Å². The maximum atomic E-state index is 13.0. The molecule has 1 fully saturated rings. The third kappa shape index (κ3) is 4.11. The van der Waals surface area contributed by atoms with Gasteiger partial charge in [0.05, 0.1) is 11.7 Å². The first-order valence-corrected chi connectivity index (χ1v) is 10.5. The van der Waals surface area contributed by atoms with Gasteiger partial charge in [0.25, 0.3) is 0 Å². The Hall–Kier alpha value is -1.29. The molecule has 1 aliphatic heterocycles. The quantitative estimate of drug-likeness (QED) is 0.611. The highest BCUT2D eigenvalue weighted by Gasteiger charge is 2.50. The monoisotopic (exact) mass is 409 g/mol. The molecule has 1 aromatic rings. The molecule has 2 aliphatic rings. The van der Waals surface area contributed by atoms with Gasteiger partial charge in [0.2, 0.25) is 5.88 Å². The van der Waals surface area contributed by atoms with Gasteiger partial charge in [-0.05, 0) is 47.0 Å². The Kier molecular flexibility index (Phi) is 4.82. The minimum absolute atomic E-state index is 0.144. The molecule has 1 aromatic heterocycles. The zero-order chi connectivity index (χ0) is 20.3. The molecule has 0 amide bonds. The van der Waals surface area contributed by atoms with Crippen molar-refractivity contribution in [2.45, 2.75) is 88.8 Å². The normalized spacial score (nSPS) is 23.1. The molecule has 1 N–H and O–H groups in total. The molecule has 1 aliphatic carbocycles. The molecule has 0 radical (unpaired) electrons. The summed E-state index contributed by atoms with van der Waals surface area (Å²) in [6, 6.07) is -0.144. The van der Waals surface area contributed by atoms with Crippen molar-refractivity contribution in [2.24, 2.45) is 0 Å². The second kappa shape index (κ2) is 6.37. The van der Waals surface area contributed by atoms with Gasteiger partial charge in [-0.3, -0.25) is 0 Å². The van der Waals surface area contributed by atoms with Gasteiger partial charge in [-0.2, -0.15) is 26.7 Å². The second-order valence-electron chi connectivity index (χ2n) is 8.84. The SMILES string of the molecule is CC1(C)Cc2nn(C3CCCC3)c(OS(=O)(=O)C(F)(F)F)c2CC(C)(C)N1. The fourth-order valence-electron chi connectivity index (χ4n) is 4.32. The fourth-order valence-corrected chi connectivity index (χ4v) is 4.80. The van der Waals surface area contributed by atoms with Crippen LogP contribution in [0.4, 0.5) is 13.2 Å². The van der Waals surface area contributed by atoms with Crippen molar-refractivity contribution in [3.63, 3.8) is 0 Å². The van der Waals surface area contributed by atoms with Gasteiger partial charge in [0.15, 0.2) is 0 Å². The van der Waals surface area contributed by atoms with Gasteiger partial charge >= 0.3 is 15.6 Å². The number of hydrogen-bond donors (Lipinski definition) is 1. The Morgan fingerprint density at radius 1 is 1.11 bits per heavy atom. The molecule has 0 bridgehead atoms. The van der Waals surface area contributed by atoms with Crippen molar-refractivity contribution >= 4 is 10.1 Å². The van der Waals surface area contributed by atoms with Gasteiger partial charge in [-0.25, -0.2) is 4.68 Å². The van der Waals surface area contributed by atoms with E-state index in [0.717, 1.165) is 25.7 Å². The smallest absolute Gasteiger partial charge is 0.355 e. The van der Waals surface area contributed by atoms with Crippen molar-refractivity contribution in [1.29, 1.82) is 0 Å². The second-order valence-corrected chi connectivity index (χ2v) is 10.4. The van der Waals surface area contributed by atoms with Crippen molar-refractivity contribution in [2.75, 3.05) is 0 Å². The molecule has 0 aromatic carbocycles. The molecule has 0 saturated heterocycles. The van der Waals surface area contributed by atoms with Crippen LogP contribution in [0.5, 0.6) is 5.88 Å². The zero-order valence-corrected chi connectivity index (χ0v) is 16.8. The van der Waals surface area contributed by atoms with E-state index in [-0.39, 0.29) is 17.5 Å². The molecule has 3 rings (SSSR count). The Labute approximate surface area is 157 Å². The number of nitrogens with one attached hydrogen (secondary N) is 1. The molecule has 6 nitrogen and oxygen atoms in total. The molecule has 154 valence electrons. The first kappa shape index (κ1) is 20.4. The summed E-state index contributed by atoms with van der Waals surface area (Å²) in [6.45, 7) is 7.84. The van der Waals surface area contributed by atoms with Crippen LogP contribution in [0.3, 0.4) is 0 Å². The van der Waals surface area contributed by atoms with Gasteiger partial charge in [0.1, 0.15) is 0 Å². The van der Waals surface area contributed by atoms with Crippen LogP contribution < -0.4 is 9.50 Å². The van der Waals surface area contributed by atoms with Crippen LogP contribution in [-0.2, 0) is 23.0 Å². The average molecular weight is 409 g/mol. The number of hydrogen-bond acceptors (Lipinski definition) is 5. The summed E-state index contributed by atoms with van der Waals surface area (Å²) in [5, 5.41) is 8.00. The van der Waals surface area contributed by atoms with Gasteiger partial charge in [-0.1, -0.05) is 12.8 Å². The third-order valence-electron chi connectivity index (χ3n) is 5.09. The van der Waals surface area contributed by atoms with Gasteiger partial charge < -0.3 is 9.50 Å². The molecule has 0 unspecified atom stereocenters. The summed E-state index contributed by atoms with van der Waals surface area (Å²) >= 11 is 0. The Balaban J connectivity index is 2.14. The lowest BCUT2D eigenvalue weighted by Gasteiger charge is -2.34. The van der Waals surface area contributed by atoms with E-state index in [2.05, 4.69) is 14.6 Å². The van der Waals surface area contributed by atoms with Crippen LogP contribution in [0.25, 0.3) is 0 Å². The lowest BCUT2D eigenvalue weighted by Crippen LogP contribution is -2.52. The summed E-state index contributed by atoms with van der Waals surface area (Å²) in [6.07, 6.45) is 4.13. The lowest BCUT2D eigenvalue weighted by atomic mass is 9.95. The lowest BCUT2D eigenvalue weighted by molar-refractivity contribution is -0.0503. The predicted octanol–water partition coefficient (Wildman–Crippen LogP) is 3.47. The van der Waals surface area contributed by atoms with Crippen LogP contribution in [0.1, 0.15) is 70.7 Å². The number of nitrogens with zero attached hydrogens (tertiary/aromatic N) is 2. The molecule has 10 heteroatoms. The molecule has 1 saturated carbocycles. The summed E-state index contributed by atoms with van der Waals surface area (Å²) < 4.78 is 68.5. The van der Waals surface area contributed by atoms with E-state index in [9.17, 15) is 21.6 Å². The van der Waals surface area contributed by atoms with E-state index in [1.54, 1.807) is 0 Å². The summed E-state index contributed by atoms with van der Waals surface area (Å²) in [4.78, 5) is 0. The van der Waals surface area contributed by atoms with Gasteiger partial charge in [0, 0.05) is 23.1 Å². The van der Waals surface area contributed by atoms with Crippen LogP contribution in [0, 0.1) is 0 Å². The summed E-state index contributed by atoms with van der Waals surface area (Å²) in [7, 11) is -5.77. The molecule has 27 heavy (non-hydrogen) atoms. The van der Waals surface area contributed by atoms with Crippen molar-refractivity contribution in [3.05, 3.63) is 11.3 Å². The third-order valence-corrected chi connectivity index (χ3v) is 6.03. The van der Waals surface area contributed by atoms with Crippen LogP contribution >= 0.6 is 0 Å². The minimum Gasteiger partial charge on any atom is -0.355 e. The average Bonchev–Trinajstić information content (AvgIpc) is 3.04. The van der Waals surface area contributed by atoms with E-state index in [1.807, 2.05) is 27.7 Å². The highest BCUT2D eigenvalue weighted by atomic mass is 32.2. The molecule has 0 atom stereocenters. The number of alkyl halides is 3. The Bertz CT molecular complexity index is 822. The predicted molar refractivity (Wildman–Crippen MR) is 94.0 cm³/mol. The zero-order valence-electron chi connectivity index (χ0n) is 16.0. The van der Waals surface area contributed by atoms with Crippen molar-refractivity contribution in [3.8, 4) is 5.88 Å². The number of rotatable bonds is 3. The van der Waals surface area contributed by atoms with Crippen LogP contribution in [0.15, 0.2) is 0 Å². The molecule has 0 spiro atoms. The topological polar surface area (TPSA) is 73.2 Å². The molecular weight excluding hydrogens is 383 g/mol. The van der Waals surface area contributed by atoms with Crippen LogP contribution in [-0.4, -0.2) is 34.8 Å². The summed E-state index contributed by atoms with van der Waals surface area (Å²) in [5.74, 6) is -0.276. The minimum atomic E-state index is -5.77. The highest BCUT2D eigenvalue weighted by molar-refractivity contribution is 7.87. The van der Waals surface area contributed by atoms with E-state index < -0.39 is 21.2 Å². The van der Waals surface area contributed by atoms with Gasteiger partial charge in [-0.15, -0.1) is 0 Å². The van der Waals surface area contributed by atoms with E-state index in [0.29, 0.717) is 24.1 Å². The van der Waals surface area contributed by atoms with Crippen molar-refractivity contribution in [1.82, 2.24) is 15.1 Å². The maximum absolute atomic E-state index is 13.0. The maximum Gasteiger partial charge on any atom is 0.534 e. The molecule has 2 heterocycles. The first-order valence-electron chi connectivity index (χ1n) is 9.11. The number of fused-ring (bicyclic) bond motifs is 1. The molecular formula is C17H26F3N3O3S.